The summed E-state index contributed by atoms with van der Waals surface area (Å²) in [6, 6.07) is 2.37. The minimum absolute atomic E-state index is 0.116. The van der Waals surface area contributed by atoms with E-state index in [4.69, 9.17) is 0 Å². The molecule has 0 aliphatic heterocycles. The van der Waals surface area contributed by atoms with Crippen LogP contribution in [0, 0.1) is 23.3 Å². The molecule has 0 aliphatic carbocycles. The van der Waals surface area contributed by atoms with E-state index in [1.165, 1.54) is 12.3 Å². The smallest absolute Gasteiger partial charge is 0.194 e. The average Bonchev–Trinajstić information content (AvgIpc) is 2.46. The lowest BCUT2D eigenvalue weighted by Gasteiger charge is -2.20. The van der Waals surface area contributed by atoms with Crippen molar-refractivity contribution >= 4 is 0 Å². The summed E-state index contributed by atoms with van der Waals surface area (Å²) in [7, 11) is 0. The van der Waals surface area contributed by atoms with Gasteiger partial charge in [0.2, 0.25) is 0 Å². The van der Waals surface area contributed by atoms with Gasteiger partial charge in [0, 0.05) is 11.8 Å². The molecule has 2 nitrogen and oxygen atoms in total. The zero-order chi connectivity index (χ0) is 15.4. The molecule has 112 valence electrons. The molecule has 0 spiro atoms. The molecule has 0 aliphatic rings. The van der Waals surface area contributed by atoms with Gasteiger partial charge in [0.15, 0.2) is 17.5 Å². The van der Waals surface area contributed by atoms with Crippen LogP contribution >= 0.6 is 0 Å². The van der Waals surface area contributed by atoms with E-state index in [0.29, 0.717) is 6.54 Å². The second-order valence-corrected chi connectivity index (χ2v) is 4.58. The van der Waals surface area contributed by atoms with E-state index in [2.05, 4.69) is 10.3 Å². The van der Waals surface area contributed by atoms with Gasteiger partial charge in [-0.25, -0.2) is 17.6 Å². The van der Waals surface area contributed by atoms with Crippen molar-refractivity contribution in [3.05, 3.63) is 65.0 Å². The lowest BCUT2D eigenvalue weighted by molar-refractivity contribution is 0.441. The Bertz CT molecular complexity index is 608. The molecule has 0 bridgehead atoms. The Morgan fingerprint density at radius 1 is 1.10 bits per heavy atom. The molecule has 6 heteroatoms. The van der Waals surface area contributed by atoms with Gasteiger partial charge >= 0.3 is 0 Å². The van der Waals surface area contributed by atoms with Gasteiger partial charge in [0.1, 0.15) is 5.82 Å². The summed E-state index contributed by atoms with van der Waals surface area (Å²) in [5.74, 6) is -4.75. The van der Waals surface area contributed by atoms with Crippen LogP contribution in [-0.4, -0.2) is 11.5 Å². The van der Waals surface area contributed by atoms with Crippen molar-refractivity contribution in [1.82, 2.24) is 10.3 Å². The van der Waals surface area contributed by atoms with E-state index >= 15 is 0 Å². The number of rotatable bonds is 5. The lowest BCUT2D eigenvalue weighted by Crippen LogP contribution is -2.24. The Labute approximate surface area is 119 Å². The first-order valence-electron chi connectivity index (χ1n) is 6.51. The predicted octanol–water partition coefficient (Wildman–Crippen LogP) is 3.73. The van der Waals surface area contributed by atoms with Crippen LogP contribution in [0.5, 0.6) is 0 Å². The van der Waals surface area contributed by atoms with Crippen molar-refractivity contribution < 1.29 is 17.6 Å². The highest BCUT2D eigenvalue weighted by molar-refractivity contribution is 5.32. The third-order valence-corrected chi connectivity index (χ3v) is 3.05. The van der Waals surface area contributed by atoms with E-state index in [1.807, 2.05) is 6.92 Å². The van der Waals surface area contributed by atoms with Crippen LogP contribution in [0.15, 0.2) is 30.6 Å². The number of hydrogen-bond acceptors (Lipinski definition) is 2. The molecule has 1 aromatic heterocycles. The van der Waals surface area contributed by atoms with Gasteiger partial charge in [-0.1, -0.05) is 6.92 Å². The first kappa shape index (κ1) is 15.4. The zero-order valence-corrected chi connectivity index (χ0v) is 11.3. The van der Waals surface area contributed by atoms with Gasteiger partial charge < -0.3 is 5.32 Å². The molecule has 0 saturated heterocycles. The molecule has 2 rings (SSSR count). The average molecular weight is 298 g/mol. The normalized spacial score (nSPS) is 12.4. The first-order chi connectivity index (χ1) is 10.0. The van der Waals surface area contributed by atoms with Crippen LogP contribution in [-0.2, 0) is 0 Å². The molecule has 1 unspecified atom stereocenters. The minimum Gasteiger partial charge on any atom is -0.306 e. The summed E-state index contributed by atoms with van der Waals surface area (Å²) in [5.41, 5.74) is 0.314. The summed E-state index contributed by atoms with van der Waals surface area (Å²) in [6.07, 6.45) is 3.15. The van der Waals surface area contributed by atoms with Crippen molar-refractivity contribution in [2.75, 3.05) is 6.54 Å². The molecule has 1 aromatic carbocycles. The number of hydrogen-bond donors (Lipinski definition) is 1. The Morgan fingerprint density at radius 2 is 1.76 bits per heavy atom. The third kappa shape index (κ3) is 3.39. The van der Waals surface area contributed by atoms with Gasteiger partial charge in [-0.15, -0.1) is 0 Å². The number of benzene rings is 1. The third-order valence-electron chi connectivity index (χ3n) is 3.05. The van der Waals surface area contributed by atoms with Crippen molar-refractivity contribution in [2.24, 2.45) is 0 Å². The molecule has 1 N–H and O–H groups in total. The largest absolute Gasteiger partial charge is 0.306 e. The fraction of sp³-hybridized carbons (Fsp3) is 0.267. The Balaban J connectivity index is 2.48. The number of pyridine rings is 1. The quantitative estimate of drug-likeness (QED) is 0.672. The molecular formula is C15H14F4N2. The van der Waals surface area contributed by atoms with E-state index in [0.717, 1.165) is 24.8 Å². The Morgan fingerprint density at radius 3 is 2.33 bits per heavy atom. The molecule has 2 aromatic rings. The summed E-state index contributed by atoms with van der Waals surface area (Å²) in [5, 5.41) is 2.99. The summed E-state index contributed by atoms with van der Waals surface area (Å²) < 4.78 is 53.7. The highest BCUT2D eigenvalue weighted by atomic mass is 19.2. The standard InChI is InChI=1S/C15H14F4N2/c1-2-4-21-15(10-3-5-20-8-13(10)18)9-6-11(16)14(19)12(17)7-9/h3,5-8,15,21H,2,4H2,1H3. The van der Waals surface area contributed by atoms with Crippen LogP contribution in [0.1, 0.15) is 30.5 Å². The maximum Gasteiger partial charge on any atom is 0.194 e. The van der Waals surface area contributed by atoms with E-state index in [9.17, 15) is 17.6 Å². The van der Waals surface area contributed by atoms with Crippen LogP contribution < -0.4 is 5.32 Å². The molecular weight excluding hydrogens is 284 g/mol. The molecule has 1 heterocycles. The summed E-state index contributed by atoms with van der Waals surface area (Å²) >= 11 is 0. The van der Waals surface area contributed by atoms with Crippen LogP contribution in [0.25, 0.3) is 0 Å². The number of halogens is 4. The van der Waals surface area contributed by atoms with Gasteiger partial charge in [-0.2, -0.15) is 0 Å². The van der Waals surface area contributed by atoms with E-state index in [1.54, 1.807) is 0 Å². The summed E-state index contributed by atoms with van der Waals surface area (Å²) in [4.78, 5) is 3.64. The molecule has 21 heavy (non-hydrogen) atoms. The fourth-order valence-electron chi connectivity index (χ4n) is 2.06. The van der Waals surface area contributed by atoms with Crippen molar-refractivity contribution in [3.8, 4) is 0 Å². The SMILES string of the molecule is CCCNC(c1cc(F)c(F)c(F)c1)c1ccncc1F. The number of nitrogens with one attached hydrogen (secondary N) is 1. The van der Waals surface area contributed by atoms with Gasteiger partial charge in [0.05, 0.1) is 12.2 Å². The second-order valence-electron chi connectivity index (χ2n) is 4.58. The van der Waals surface area contributed by atoms with E-state index in [-0.39, 0.29) is 11.1 Å². The molecule has 0 saturated carbocycles. The highest BCUT2D eigenvalue weighted by Gasteiger charge is 2.21. The van der Waals surface area contributed by atoms with Crippen molar-refractivity contribution in [2.45, 2.75) is 19.4 Å². The molecule has 0 fully saturated rings. The maximum absolute atomic E-state index is 13.9. The van der Waals surface area contributed by atoms with E-state index < -0.39 is 29.3 Å². The summed E-state index contributed by atoms with van der Waals surface area (Å²) in [6.45, 7) is 2.41. The van der Waals surface area contributed by atoms with Crippen molar-refractivity contribution in [3.63, 3.8) is 0 Å². The molecule has 0 amide bonds. The van der Waals surface area contributed by atoms with Gasteiger partial charge in [-0.3, -0.25) is 4.98 Å². The van der Waals surface area contributed by atoms with Crippen LogP contribution in [0.2, 0.25) is 0 Å². The number of aromatic nitrogens is 1. The topological polar surface area (TPSA) is 24.9 Å². The second kappa shape index (κ2) is 6.67. The Kier molecular flexibility index (Phi) is 4.90. The van der Waals surface area contributed by atoms with Gasteiger partial charge in [-0.05, 0) is 36.7 Å². The highest BCUT2D eigenvalue weighted by Crippen LogP contribution is 2.26. The maximum atomic E-state index is 13.9. The van der Waals surface area contributed by atoms with Gasteiger partial charge in [0.25, 0.3) is 0 Å². The number of nitrogens with zero attached hydrogens (tertiary/aromatic N) is 1. The fourth-order valence-corrected chi connectivity index (χ4v) is 2.06. The monoisotopic (exact) mass is 298 g/mol. The lowest BCUT2D eigenvalue weighted by atomic mass is 9.98. The first-order valence-corrected chi connectivity index (χ1v) is 6.51. The zero-order valence-electron chi connectivity index (χ0n) is 11.3. The Hall–Kier alpha value is -1.95. The minimum atomic E-state index is -1.54. The predicted molar refractivity (Wildman–Crippen MR) is 70.6 cm³/mol. The molecule has 1 atom stereocenters. The molecule has 0 radical (unpaired) electrons. The van der Waals surface area contributed by atoms with Crippen molar-refractivity contribution in [1.29, 1.82) is 0 Å². The van der Waals surface area contributed by atoms with Crippen LogP contribution in [0.3, 0.4) is 0 Å². The van der Waals surface area contributed by atoms with Crippen LogP contribution in [0.4, 0.5) is 17.6 Å².